The molecule has 2 saturated heterocycles. The Morgan fingerprint density at radius 3 is 2.52 bits per heavy atom. The van der Waals surface area contributed by atoms with Gasteiger partial charge in [-0.05, 0) is 37.5 Å². The molecular weight excluding hydrogens is 266 g/mol. The lowest BCUT2D eigenvalue weighted by Crippen LogP contribution is -2.30. The van der Waals surface area contributed by atoms with Gasteiger partial charge in [-0.1, -0.05) is 6.07 Å². The van der Waals surface area contributed by atoms with Gasteiger partial charge in [-0.2, -0.15) is 0 Å². The average molecular weight is 287 g/mol. The molecule has 112 valence electrons. The summed E-state index contributed by atoms with van der Waals surface area (Å²) in [6, 6.07) is 8.03. The van der Waals surface area contributed by atoms with Gasteiger partial charge in [0, 0.05) is 37.4 Å². The Morgan fingerprint density at radius 2 is 1.86 bits per heavy atom. The molecule has 5 heteroatoms. The molecule has 0 aliphatic carbocycles. The molecule has 2 aliphatic heterocycles. The fourth-order valence-electron chi connectivity index (χ4n) is 3.16. The van der Waals surface area contributed by atoms with Crippen LogP contribution in [0.1, 0.15) is 25.7 Å². The van der Waals surface area contributed by atoms with E-state index in [4.69, 9.17) is 5.73 Å². The van der Waals surface area contributed by atoms with Crippen molar-refractivity contribution in [2.24, 2.45) is 11.7 Å². The van der Waals surface area contributed by atoms with E-state index in [2.05, 4.69) is 11.0 Å². The van der Waals surface area contributed by atoms with E-state index < -0.39 is 5.91 Å². The maximum absolute atomic E-state index is 12.1. The van der Waals surface area contributed by atoms with E-state index in [9.17, 15) is 9.59 Å². The summed E-state index contributed by atoms with van der Waals surface area (Å²) in [6.07, 6.45) is 3.96. The lowest BCUT2D eigenvalue weighted by atomic mass is 10.1. The molecule has 2 aliphatic rings. The first-order valence-electron chi connectivity index (χ1n) is 7.60. The number of carbonyl (C=O) groups excluding carboxylic acids is 2. The van der Waals surface area contributed by atoms with E-state index in [0.29, 0.717) is 6.54 Å². The summed E-state index contributed by atoms with van der Waals surface area (Å²) in [5.74, 6) is -0.774. The monoisotopic (exact) mass is 287 g/mol. The Hall–Kier alpha value is -2.04. The standard InChI is InChI=1S/C16H21N3O2/c17-16(21)12-9-15(20)19(11-12)14-6-4-5-13(10-14)18-7-2-1-3-8-18/h4-6,10,12H,1-3,7-9,11H2,(H2,17,21). The minimum atomic E-state index is -0.391. The van der Waals surface area contributed by atoms with E-state index in [1.54, 1.807) is 4.90 Å². The molecule has 1 aromatic rings. The second-order valence-corrected chi connectivity index (χ2v) is 5.88. The molecule has 0 aromatic heterocycles. The SMILES string of the molecule is NC(=O)C1CC(=O)N(c2cccc(N3CCCCC3)c2)C1. The number of piperidine rings is 1. The average Bonchev–Trinajstić information content (AvgIpc) is 2.91. The smallest absolute Gasteiger partial charge is 0.227 e. The van der Waals surface area contributed by atoms with Crippen LogP contribution in [-0.4, -0.2) is 31.4 Å². The summed E-state index contributed by atoms with van der Waals surface area (Å²) < 4.78 is 0. The third-order valence-corrected chi connectivity index (χ3v) is 4.39. The Morgan fingerprint density at radius 1 is 1.14 bits per heavy atom. The van der Waals surface area contributed by atoms with E-state index in [-0.39, 0.29) is 18.2 Å². The van der Waals surface area contributed by atoms with Crippen molar-refractivity contribution in [3.8, 4) is 0 Å². The van der Waals surface area contributed by atoms with Crippen LogP contribution in [0.4, 0.5) is 11.4 Å². The zero-order chi connectivity index (χ0) is 14.8. The molecule has 0 bridgehead atoms. The van der Waals surface area contributed by atoms with Gasteiger partial charge in [-0.15, -0.1) is 0 Å². The number of benzene rings is 1. The number of hydrogen-bond acceptors (Lipinski definition) is 3. The molecule has 2 fully saturated rings. The predicted molar refractivity (Wildman–Crippen MR) is 82.2 cm³/mol. The van der Waals surface area contributed by atoms with Crippen molar-refractivity contribution in [2.45, 2.75) is 25.7 Å². The fourth-order valence-corrected chi connectivity index (χ4v) is 3.16. The van der Waals surface area contributed by atoms with Gasteiger partial charge in [0.25, 0.3) is 0 Å². The van der Waals surface area contributed by atoms with Gasteiger partial charge in [-0.3, -0.25) is 9.59 Å². The summed E-state index contributed by atoms with van der Waals surface area (Å²) >= 11 is 0. The van der Waals surface area contributed by atoms with E-state index >= 15 is 0 Å². The van der Waals surface area contributed by atoms with Crippen molar-refractivity contribution in [2.75, 3.05) is 29.4 Å². The van der Waals surface area contributed by atoms with E-state index in [1.165, 1.54) is 19.3 Å². The topological polar surface area (TPSA) is 66.6 Å². The largest absolute Gasteiger partial charge is 0.371 e. The van der Waals surface area contributed by atoms with Gasteiger partial charge in [0.1, 0.15) is 0 Å². The first-order valence-corrected chi connectivity index (χ1v) is 7.60. The summed E-state index contributed by atoms with van der Waals surface area (Å²) in [5.41, 5.74) is 7.34. The number of primary amides is 1. The van der Waals surface area contributed by atoms with Crippen LogP contribution >= 0.6 is 0 Å². The fraction of sp³-hybridized carbons (Fsp3) is 0.500. The van der Waals surface area contributed by atoms with Crippen LogP contribution in [0.5, 0.6) is 0 Å². The molecule has 1 atom stereocenters. The summed E-state index contributed by atoms with van der Waals surface area (Å²) in [7, 11) is 0. The second-order valence-electron chi connectivity index (χ2n) is 5.88. The number of hydrogen-bond donors (Lipinski definition) is 1. The van der Waals surface area contributed by atoms with Gasteiger partial charge < -0.3 is 15.5 Å². The van der Waals surface area contributed by atoms with Crippen LogP contribution < -0.4 is 15.5 Å². The molecule has 1 aromatic carbocycles. The van der Waals surface area contributed by atoms with Crippen molar-refractivity contribution >= 4 is 23.2 Å². The first-order chi connectivity index (χ1) is 10.1. The number of rotatable bonds is 3. The minimum absolute atomic E-state index is 0.0189. The molecule has 0 spiro atoms. The normalized spacial score (nSPS) is 22.7. The van der Waals surface area contributed by atoms with E-state index in [0.717, 1.165) is 24.5 Å². The number of carbonyl (C=O) groups is 2. The quantitative estimate of drug-likeness (QED) is 0.916. The zero-order valence-electron chi connectivity index (χ0n) is 12.1. The van der Waals surface area contributed by atoms with Crippen LogP contribution in [0.15, 0.2) is 24.3 Å². The predicted octanol–water partition coefficient (Wildman–Crippen LogP) is 1.52. The van der Waals surface area contributed by atoms with Crippen molar-refractivity contribution in [1.82, 2.24) is 0 Å². The van der Waals surface area contributed by atoms with Crippen molar-refractivity contribution < 1.29 is 9.59 Å². The molecule has 5 nitrogen and oxygen atoms in total. The molecule has 2 N–H and O–H groups in total. The molecule has 2 amide bonds. The van der Waals surface area contributed by atoms with Crippen LogP contribution in [0.25, 0.3) is 0 Å². The first kappa shape index (κ1) is 13.9. The number of anilines is 2. The van der Waals surface area contributed by atoms with Gasteiger partial charge >= 0.3 is 0 Å². The second kappa shape index (κ2) is 5.76. The van der Waals surface area contributed by atoms with Crippen molar-refractivity contribution in [1.29, 1.82) is 0 Å². The Bertz CT molecular complexity index is 552. The maximum Gasteiger partial charge on any atom is 0.227 e. The maximum atomic E-state index is 12.1. The Balaban J connectivity index is 1.79. The van der Waals surface area contributed by atoms with Gasteiger partial charge in [0.15, 0.2) is 0 Å². The highest BCUT2D eigenvalue weighted by Crippen LogP contribution is 2.29. The van der Waals surface area contributed by atoms with Gasteiger partial charge in [-0.25, -0.2) is 0 Å². The van der Waals surface area contributed by atoms with E-state index in [1.807, 2.05) is 18.2 Å². The number of amides is 2. The lowest BCUT2D eigenvalue weighted by molar-refractivity contribution is -0.123. The van der Waals surface area contributed by atoms with Crippen LogP contribution in [-0.2, 0) is 9.59 Å². The molecule has 1 unspecified atom stereocenters. The Labute approximate surface area is 124 Å². The molecule has 2 heterocycles. The van der Waals surface area contributed by atoms with Crippen molar-refractivity contribution in [3.63, 3.8) is 0 Å². The summed E-state index contributed by atoms with van der Waals surface area (Å²) in [5, 5.41) is 0. The minimum Gasteiger partial charge on any atom is -0.371 e. The summed E-state index contributed by atoms with van der Waals surface area (Å²) in [4.78, 5) is 27.4. The highest BCUT2D eigenvalue weighted by atomic mass is 16.2. The van der Waals surface area contributed by atoms with Gasteiger partial charge in [0.05, 0.1) is 5.92 Å². The highest BCUT2D eigenvalue weighted by Gasteiger charge is 2.34. The highest BCUT2D eigenvalue weighted by molar-refractivity contribution is 6.00. The number of nitrogens with two attached hydrogens (primary N) is 1. The zero-order valence-corrected chi connectivity index (χ0v) is 12.1. The lowest BCUT2D eigenvalue weighted by Gasteiger charge is -2.29. The van der Waals surface area contributed by atoms with Crippen molar-refractivity contribution in [3.05, 3.63) is 24.3 Å². The molecule has 0 radical (unpaired) electrons. The van der Waals surface area contributed by atoms with Gasteiger partial charge in [0.2, 0.25) is 11.8 Å². The number of nitrogens with zero attached hydrogens (tertiary/aromatic N) is 2. The Kier molecular flexibility index (Phi) is 3.82. The molecule has 21 heavy (non-hydrogen) atoms. The molecule has 0 saturated carbocycles. The molecule has 3 rings (SSSR count). The van der Waals surface area contributed by atoms with Crippen LogP contribution in [0.3, 0.4) is 0 Å². The van der Waals surface area contributed by atoms with Crippen LogP contribution in [0, 0.1) is 5.92 Å². The molecular formula is C16H21N3O2. The summed E-state index contributed by atoms with van der Waals surface area (Å²) in [6.45, 7) is 2.54. The van der Waals surface area contributed by atoms with Crippen LogP contribution in [0.2, 0.25) is 0 Å². The third-order valence-electron chi connectivity index (χ3n) is 4.39. The third kappa shape index (κ3) is 2.86.